The molecule has 1 N–H and O–H groups in total. The maximum absolute atomic E-state index is 11.6. The molecule has 1 aromatic heterocycles. The van der Waals surface area contributed by atoms with Crippen molar-refractivity contribution < 1.29 is 23.6 Å². The maximum Gasteiger partial charge on any atom is 0.344 e. The molecule has 0 atom stereocenters. The number of carbonyl (C=O) groups excluding carboxylic acids is 2. The Bertz CT molecular complexity index is 714. The topological polar surface area (TPSA) is 90.7 Å². The second kappa shape index (κ2) is 7.64. The lowest BCUT2D eigenvalue weighted by atomic mass is 10.2. The van der Waals surface area contributed by atoms with Crippen molar-refractivity contribution in [3.63, 3.8) is 0 Å². The van der Waals surface area contributed by atoms with Crippen LogP contribution in [0.5, 0.6) is 5.75 Å². The third-order valence-electron chi connectivity index (χ3n) is 2.69. The van der Waals surface area contributed by atoms with Crippen LogP contribution >= 0.6 is 11.6 Å². The molecule has 8 heteroatoms. The normalized spacial score (nSPS) is 10.2. The van der Waals surface area contributed by atoms with E-state index in [4.69, 9.17) is 25.6 Å². The lowest BCUT2D eigenvalue weighted by Gasteiger charge is -2.08. The number of carbonyl (C=O) groups is 2. The van der Waals surface area contributed by atoms with Crippen LogP contribution in [0.4, 0.5) is 5.82 Å². The lowest BCUT2D eigenvalue weighted by Crippen LogP contribution is -2.23. The Kier molecular flexibility index (Phi) is 5.59. The quantitative estimate of drug-likeness (QED) is 0.814. The summed E-state index contributed by atoms with van der Waals surface area (Å²) in [5.41, 5.74) is 0.944. The summed E-state index contributed by atoms with van der Waals surface area (Å²) in [6.07, 6.45) is 0. The molecule has 1 heterocycles. The van der Waals surface area contributed by atoms with Crippen LogP contribution in [-0.2, 0) is 14.3 Å². The number of rotatable bonds is 6. The van der Waals surface area contributed by atoms with Crippen molar-refractivity contribution in [1.29, 1.82) is 0 Å². The Morgan fingerprint density at radius 1 is 1.26 bits per heavy atom. The zero-order valence-corrected chi connectivity index (χ0v) is 13.3. The predicted octanol–water partition coefficient (Wildman–Crippen LogP) is 2.51. The summed E-state index contributed by atoms with van der Waals surface area (Å²) >= 11 is 5.94. The van der Waals surface area contributed by atoms with Gasteiger partial charge in [-0.15, -0.1) is 0 Å². The van der Waals surface area contributed by atoms with Crippen LogP contribution in [0, 0.1) is 13.8 Å². The first kappa shape index (κ1) is 16.8. The van der Waals surface area contributed by atoms with E-state index in [9.17, 15) is 9.59 Å². The number of nitrogens with zero attached hydrogens (tertiary/aromatic N) is 1. The van der Waals surface area contributed by atoms with Crippen LogP contribution < -0.4 is 10.1 Å². The highest BCUT2D eigenvalue weighted by molar-refractivity contribution is 6.32. The van der Waals surface area contributed by atoms with Crippen molar-refractivity contribution in [3.8, 4) is 5.75 Å². The van der Waals surface area contributed by atoms with Gasteiger partial charge >= 0.3 is 5.97 Å². The molecule has 2 rings (SSSR count). The molecule has 23 heavy (non-hydrogen) atoms. The molecule has 7 nitrogen and oxygen atoms in total. The van der Waals surface area contributed by atoms with Gasteiger partial charge in [0.1, 0.15) is 11.5 Å². The van der Waals surface area contributed by atoms with Crippen molar-refractivity contribution in [2.24, 2.45) is 0 Å². The fraction of sp³-hybridized carbons (Fsp3) is 0.267. The minimum absolute atomic E-state index is 0.256. The van der Waals surface area contributed by atoms with Crippen molar-refractivity contribution in [3.05, 3.63) is 40.6 Å². The van der Waals surface area contributed by atoms with Gasteiger partial charge in [0.05, 0.1) is 5.02 Å². The van der Waals surface area contributed by atoms with E-state index in [0.717, 1.165) is 5.56 Å². The van der Waals surface area contributed by atoms with Crippen molar-refractivity contribution in [2.75, 3.05) is 18.5 Å². The van der Waals surface area contributed by atoms with Gasteiger partial charge in [0.25, 0.3) is 5.91 Å². The van der Waals surface area contributed by atoms with Crippen molar-refractivity contribution in [2.45, 2.75) is 13.8 Å². The van der Waals surface area contributed by atoms with E-state index < -0.39 is 18.5 Å². The van der Waals surface area contributed by atoms with Crippen LogP contribution in [-0.4, -0.2) is 30.2 Å². The summed E-state index contributed by atoms with van der Waals surface area (Å²) in [5, 5.41) is 6.41. The number of anilines is 1. The SMILES string of the molecule is Cc1ccc(Cl)c(OCC(=O)OCC(=O)Nc2cc(C)on2)c1. The van der Waals surface area contributed by atoms with Gasteiger partial charge in [-0.05, 0) is 31.5 Å². The number of benzene rings is 1. The minimum Gasteiger partial charge on any atom is -0.480 e. The van der Waals surface area contributed by atoms with Gasteiger partial charge in [0.2, 0.25) is 0 Å². The maximum atomic E-state index is 11.6. The van der Waals surface area contributed by atoms with E-state index >= 15 is 0 Å². The third kappa shape index (κ3) is 5.30. The van der Waals surface area contributed by atoms with E-state index in [1.54, 1.807) is 25.1 Å². The number of ether oxygens (including phenoxy) is 2. The third-order valence-corrected chi connectivity index (χ3v) is 3.00. The molecule has 0 saturated heterocycles. The molecule has 1 aromatic carbocycles. The van der Waals surface area contributed by atoms with Crippen molar-refractivity contribution >= 4 is 29.3 Å². The van der Waals surface area contributed by atoms with E-state index in [-0.39, 0.29) is 12.4 Å². The van der Waals surface area contributed by atoms with Crippen LogP contribution in [0.3, 0.4) is 0 Å². The van der Waals surface area contributed by atoms with Crippen LogP contribution in [0.1, 0.15) is 11.3 Å². The van der Waals surface area contributed by atoms with Crippen LogP contribution in [0.15, 0.2) is 28.8 Å². The van der Waals surface area contributed by atoms with E-state index in [1.807, 2.05) is 13.0 Å². The molecule has 0 saturated carbocycles. The Morgan fingerprint density at radius 2 is 2.04 bits per heavy atom. The Hall–Kier alpha value is -2.54. The number of hydrogen-bond acceptors (Lipinski definition) is 6. The van der Waals surface area contributed by atoms with Crippen molar-refractivity contribution in [1.82, 2.24) is 5.16 Å². The number of halogens is 1. The predicted molar refractivity (Wildman–Crippen MR) is 82.5 cm³/mol. The molecule has 122 valence electrons. The second-order valence-corrected chi connectivity index (χ2v) is 5.16. The molecule has 0 fully saturated rings. The smallest absolute Gasteiger partial charge is 0.344 e. The lowest BCUT2D eigenvalue weighted by molar-refractivity contribution is -0.149. The summed E-state index contributed by atoms with van der Waals surface area (Å²) in [5.74, 6) is -0.0208. The summed E-state index contributed by atoms with van der Waals surface area (Å²) in [6, 6.07) is 6.74. The molecule has 0 unspecified atom stereocenters. The molecular formula is C15H15ClN2O5. The average molecular weight is 339 g/mol. The summed E-state index contributed by atoms with van der Waals surface area (Å²) in [6.45, 7) is 2.77. The number of aryl methyl sites for hydroxylation is 2. The first-order valence-electron chi connectivity index (χ1n) is 6.72. The largest absolute Gasteiger partial charge is 0.480 e. The van der Waals surface area contributed by atoms with Gasteiger partial charge < -0.3 is 19.3 Å². The Morgan fingerprint density at radius 3 is 2.74 bits per heavy atom. The van der Waals surface area contributed by atoms with Gasteiger partial charge in [-0.2, -0.15) is 0 Å². The summed E-state index contributed by atoms with van der Waals surface area (Å²) < 4.78 is 14.9. The minimum atomic E-state index is -0.686. The first-order valence-corrected chi connectivity index (χ1v) is 7.09. The van der Waals surface area contributed by atoms with Gasteiger partial charge in [0.15, 0.2) is 19.0 Å². The number of aromatic nitrogens is 1. The van der Waals surface area contributed by atoms with E-state index in [2.05, 4.69) is 10.5 Å². The number of nitrogens with one attached hydrogen (secondary N) is 1. The van der Waals surface area contributed by atoms with Gasteiger partial charge in [-0.1, -0.05) is 22.8 Å². The summed E-state index contributed by atoms with van der Waals surface area (Å²) in [4.78, 5) is 23.1. The van der Waals surface area contributed by atoms with Crippen LogP contribution in [0.25, 0.3) is 0 Å². The van der Waals surface area contributed by atoms with Gasteiger partial charge in [0, 0.05) is 6.07 Å². The molecule has 0 aliphatic heterocycles. The highest BCUT2D eigenvalue weighted by Gasteiger charge is 2.11. The zero-order chi connectivity index (χ0) is 16.8. The molecular weight excluding hydrogens is 324 g/mol. The zero-order valence-electron chi connectivity index (χ0n) is 12.6. The number of hydrogen-bond donors (Lipinski definition) is 1. The molecule has 0 radical (unpaired) electrons. The molecule has 0 bridgehead atoms. The highest BCUT2D eigenvalue weighted by Crippen LogP contribution is 2.25. The number of esters is 1. The highest BCUT2D eigenvalue weighted by atomic mass is 35.5. The molecule has 2 aromatic rings. The van der Waals surface area contributed by atoms with Gasteiger partial charge in [-0.3, -0.25) is 4.79 Å². The van der Waals surface area contributed by atoms with Crippen LogP contribution in [0.2, 0.25) is 5.02 Å². The molecule has 1 amide bonds. The molecule has 0 aliphatic rings. The fourth-order valence-corrected chi connectivity index (χ4v) is 1.82. The Balaban J connectivity index is 1.74. The standard InChI is InChI=1S/C15H15ClN2O5/c1-9-3-4-11(16)12(5-9)21-8-15(20)22-7-14(19)17-13-6-10(2)23-18-13/h3-6H,7-8H2,1-2H3,(H,17,18,19). The average Bonchev–Trinajstić information content (AvgIpc) is 2.91. The number of amides is 1. The second-order valence-electron chi connectivity index (χ2n) is 4.75. The summed E-state index contributed by atoms with van der Waals surface area (Å²) in [7, 11) is 0. The van der Waals surface area contributed by atoms with E-state index in [0.29, 0.717) is 16.5 Å². The van der Waals surface area contributed by atoms with E-state index in [1.165, 1.54) is 0 Å². The monoisotopic (exact) mass is 338 g/mol. The first-order chi connectivity index (χ1) is 10.9. The van der Waals surface area contributed by atoms with Gasteiger partial charge in [-0.25, -0.2) is 4.79 Å². The molecule has 0 spiro atoms. The Labute approximate surface area is 137 Å². The fourth-order valence-electron chi connectivity index (χ4n) is 1.65. The molecule has 0 aliphatic carbocycles.